The van der Waals surface area contributed by atoms with E-state index in [9.17, 15) is 0 Å². The molecule has 4 nitrogen and oxygen atoms in total. The summed E-state index contributed by atoms with van der Waals surface area (Å²) in [5.41, 5.74) is 5.61. The predicted molar refractivity (Wildman–Crippen MR) is 55.6 cm³/mol. The van der Waals surface area contributed by atoms with E-state index < -0.39 is 0 Å². The number of hydrogen-bond donors (Lipinski definition) is 3. The summed E-state index contributed by atoms with van der Waals surface area (Å²) < 4.78 is 0. The number of aliphatic hydroxyl groups excluding tert-OH is 1. The van der Waals surface area contributed by atoms with Crippen molar-refractivity contribution >= 4 is 5.96 Å². The van der Waals surface area contributed by atoms with Crippen LogP contribution in [-0.4, -0.2) is 30.3 Å². The normalized spacial score (nSPS) is 16.8. The Bertz CT molecular complexity index is 159. The highest BCUT2D eigenvalue weighted by Crippen LogP contribution is 1.99. The standard InChI is InChI=1S/C9H21N3O/c1-4-5-11-9(10)12-8(3)7(2)6-13/h7-8,13H,4-6H2,1-3H3,(H3,10,11,12). The highest BCUT2D eigenvalue weighted by Gasteiger charge is 2.10. The first-order valence-corrected chi connectivity index (χ1v) is 4.79. The third-order valence-electron chi connectivity index (χ3n) is 2.02. The maximum absolute atomic E-state index is 8.87. The molecule has 0 saturated carbocycles. The minimum atomic E-state index is 0.158. The predicted octanol–water partition coefficient (Wildman–Crippen LogP) is 0.318. The molecule has 78 valence electrons. The monoisotopic (exact) mass is 187 g/mol. The molecule has 0 aromatic carbocycles. The van der Waals surface area contributed by atoms with Gasteiger partial charge in [0, 0.05) is 19.2 Å². The first-order valence-electron chi connectivity index (χ1n) is 4.79. The number of guanidine groups is 1. The van der Waals surface area contributed by atoms with Crippen LogP contribution in [0.25, 0.3) is 0 Å². The molecule has 0 radical (unpaired) electrons. The van der Waals surface area contributed by atoms with Crippen molar-refractivity contribution < 1.29 is 5.11 Å². The van der Waals surface area contributed by atoms with Gasteiger partial charge in [0.1, 0.15) is 0 Å². The third-order valence-corrected chi connectivity index (χ3v) is 2.02. The van der Waals surface area contributed by atoms with Crippen molar-refractivity contribution in [1.82, 2.24) is 5.32 Å². The summed E-state index contributed by atoms with van der Waals surface area (Å²) in [4.78, 5) is 4.10. The quantitative estimate of drug-likeness (QED) is 0.429. The fourth-order valence-corrected chi connectivity index (χ4v) is 0.812. The van der Waals surface area contributed by atoms with Gasteiger partial charge in [-0.25, -0.2) is 0 Å². The number of rotatable bonds is 5. The molecule has 0 aliphatic heterocycles. The van der Waals surface area contributed by atoms with Crippen LogP contribution in [0, 0.1) is 5.92 Å². The van der Waals surface area contributed by atoms with Crippen LogP contribution in [0.5, 0.6) is 0 Å². The van der Waals surface area contributed by atoms with Crippen LogP contribution in [-0.2, 0) is 0 Å². The summed E-state index contributed by atoms with van der Waals surface area (Å²) in [5.74, 6) is 0.657. The molecule has 4 N–H and O–H groups in total. The van der Waals surface area contributed by atoms with E-state index >= 15 is 0 Å². The average molecular weight is 187 g/mol. The zero-order valence-corrected chi connectivity index (χ0v) is 8.75. The van der Waals surface area contributed by atoms with Gasteiger partial charge in [-0.05, 0) is 19.3 Å². The van der Waals surface area contributed by atoms with Crippen LogP contribution in [0.15, 0.2) is 4.99 Å². The summed E-state index contributed by atoms with van der Waals surface area (Å²) in [7, 11) is 0. The van der Waals surface area contributed by atoms with Gasteiger partial charge in [-0.3, -0.25) is 4.99 Å². The van der Waals surface area contributed by atoms with Crippen LogP contribution >= 0.6 is 0 Å². The molecule has 4 heteroatoms. The first-order chi connectivity index (χ1) is 6.11. The Hall–Kier alpha value is -0.770. The van der Waals surface area contributed by atoms with Crippen molar-refractivity contribution in [3.63, 3.8) is 0 Å². The summed E-state index contributed by atoms with van der Waals surface area (Å²) >= 11 is 0. The van der Waals surface area contributed by atoms with Gasteiger partial charge in [0.25, 0.3) is 0 Å². The molecule has 0 aliphatic rings. The second kappa shape index (κ2) is 6.71. The molecule has 0 fully saturated rings. The SMILES string of the molecule is CCCN=C(N)NC(C)C(C)CO. The molecule has 0 amide bonds. The van der Waals surface area contributed by atoms with E-state index in [0.29, 0.717) is 5.96 Å². The van der Waals surface area contributed by atoms with Gasteiger partial charge >= 0.3 is 0 Å². The number of nitrogens with one attached hydrogen (secondary N) is 1. The van der Waals surface area contributed by atoms with E-state index in [-0.39, 0.29) is 18.6 Å². The van der Waals surface area contributed by atoms with Crippen molar-refractivity contribution in [2.45, 2.75) is 33.2 Å². The van der Waals surface area contributed by atoms with E-state index in [4.69, 9.17) is 10.8 Å². The zero-order chi connectivity index (χ0) is 10.3. The first kappa shape index (κ1) is 12.2. The van der Waals surface area contributed by atoms with E-state index in [2.05, 4.69) is 17.2 Å². The molecule has 0 spiro atoms. The average Bonchev–Trinajstić information content (AvgIpc) is 2.13. The Morgan fingerprint density at radius 1 is 1.54 bits per heavy atom. The van der Waals surface area contributed by atoms with Crippen molar-refractivity contribution in [3.8, 4) is 0 Å². The number of nitrogens with zero attached hydrogens (tertiary/aromatic N) is 1. The molecule has 0 heterocycles. The lowest BCUT2D eigenvalue weighted by atomic mass is 10.1. The number of aliphatic imine (C=N–C) groups is 1. The van der Waals surface area contributed by atoms with Gasteiger partial charge < -0.3 is 16.2 Å². The van der Waals surface area contributed by atoms with Crippen LogP contribution in [0.4, 0.5) is 0 Å². The largest absolute Gasteiger partial charge is 0.396 e. The van der Waals surface area contributed by atoms with Crippen LogP contribution in [0.2, 0.25) is 0 Å². The summed E-state index contributed by atoms with van der Waals surface area (Å²) in [5, 5.41) is 11.9. The minimum absolute atomic E-state index is 0.158. The van der Waals surface area contributed by atoms with Crippen LogP contribution < -0.4 is 11.1 Å². The Balaban J connectivity index is 3.83. The zero-order valence-electron chi connectivity index (χ0n) is 8.75. The molecule has 0 aromatic rings. The van der Waals surface area contributed by atoms with Gasteiger partial charge in [-0.1, -0.05) is 13.8 Å². The summed E-state index contributed by atoms with van der Waals surface area (Å²) in [6.45, 7) is 6.91. The summed E-state index contributed by atoms with van der Waals surface area (Å²) in [6.07, 6.45) is 0.992. The lowest BCUT2D eigenvalue weighted by molar-refractivity contribution is 0.215. The summed E-state index contributed by atoms with van der Waals surface area (Å²) in [6, 6.07) is 0.158. The second-order valence-corrected chi connectivity index (χ2v) is 3.36. The second-order valence-electron chi connectivity index (χ2n) is 3.36. The molecule has 0 bridgehead atoms. The van der Waals surface area contributed by atoms with Crippen molar-refractivity contribution in [2.75, 3.05) is 13.2 Å². The molecule has 0 saturated heterocycles. The Morgan fingerprint density at radius 3 is 2.62 bits per heavy atom. The third kappa shape index (κ3) is 5.47. The van der Waals surface area contributed by atoms with Crippen LogP contribution in [0.1, 0.15) is 27.2 Å². The van der Waals surface area contributed by atoms with Gasteiger partial charge in [-0.2, -0.15) is 0 Å². The Labute approximate surface area is 80.2 Å². The maximum Gasteiger partial charge on any atom is 0.188 e. The Kier molecular flexibility index (Phi) is 6.32. The fraction of sp³-hybridized carbons (Fsp3) is 0.889. The molecular formula is C9H21N3O. The minimum Gasteiger partial charge on any atom is -0.396 e. The molecule has 2 unspecified atom stereocenters. The lowest BCUT2D eigenvalue weighted by Gasteiger charge is -2.19. The molecule has 0 rings (SSSR count). The number of hydrogen-bond acceptors (Lipinski definition) is 2. The van der Waals surface area contributed by atoms with Gasteiger partial charge in [0.2, 0.25) is 0 Å². The topological polar surface area (TPSA) is 70.6 Å². The van der Waals surface area contributed by atoms with E-state index in [0.717, 1.165) is 13.0 Å². The highest BCUT2D eigenvalue weighted by atomic mass is 16.3. The van der Waals surface area contributed by atoms with Gasteiger partial charge in [-0.15, -0.1) is 0 Å². The number of nitrogens with two attached hydrogens (primary N) is 1. The van der Waals surface area contributed by atoms with E-state index in [1.807, 2.05) is 13.8 Å². The molecule has 0 aliphatic carbocycles. The van der Waals surface area contributed by atoms with E-state index in [1.165, 1.54) is 0 Å². The number of aliphatic hydroxyl groups is 1. The van der Waals surface area contributed by atoms with Crippen molar-refractivity contribution in [2.24, 2.45) is 16.6 Å². The fourth-order valence-electron chi connectivity index (χ4n) is 0.812. The molecular weight excluding hydrogens is 166 g/mol. The molecule has 2 atom stereocenters. The lowest BCUT2D eigenvalue weighted by Crippen LogP contribution is -2.42. The van der Waals surface area contributed by atoms with Crippen molar-refractivity contribution in [3.05, 3.63) is 0 Å². The highest BCUT2D eigenvalue weighted by molar-refractivity contribution is 5.78. The van der Waals surface area contributed by atoms with Crippen LogP contribution in [0.3, 0.4) is 0 Å². The maximum atomic E-state index is 8.87. The Morgan fingerprint density at radius 2 is 2.15 bits per heavy atom. The molecule has 0 aromatic heterocycles. The molecule has 13 heavy (non-hydrogen) atoms. The smallest absolute Gasteiger partial charge is 0.188 e. The van der Waals surface area contributed by atoms with Crippen molar-refractivity contribution in [1.29, 1.82) is 0 Å². The van der Waals surface area contributed by atoms with E-state index in [1.54, 1.807) is 0 Å². The van der Waals surface area contributed by atoms with Gasteiger partial charge in [0.15, 0.2) is 5.96 Å². The van der Waals surface area contributed by atoms with Gasteiger partial charge in [0.05, 0.1) is 0 Å².